The summed E-state index contributed by atoms with van der Waals surface area (Å²) < 4.78 is 0. The number of thioether (sulfide) groups is 1. The van der Waals surface area contributed by atoms with Gasteiger partial charge in [-0.2, -0.15) is 0 Å². The van der Waals surface area contributed by atoms with Gasteiger partial charge in [0.25, 0.3) is 11.1 Å². The average Bonchev–Trinajstić information content (AvgIpc) is 3.02. The number of carbonyl (C=O) groups is 2. The van der Waals surface area contributed by atoms with Gasteiger partial charge < -0.3 is 4.90 Å². The number of nitrogens with zero attached hydrogens (tertiary/aromatic N) is 2. The average molecular weight is 401 g/mol. The van der Waals surface area contributed by atoms with Crippen LogP contribution in [0.2, 0.25) is 0 Å². The van der Waals surface area contributed by atoms with Crippen molar-refractivity contribution in [3.63, 3.8) is 0 Å². The van der Waals surface area contributed by atoms with Crippen LogP contribution in [0.25, 0.3) is 6.08 Å². The van der Waals surface area contributed by atoms with Crippen molar-refractivity contribution in [2.75, 3.05) is 11.9 Å². The zero-order valence-corrected chi connectivity index (χ0v) is 16.8. The second-order valence-corrected chi connectivity index (χ2v) is 7.73. The van der Waals surface area contributed by atoms with Crippen molar-refractivity contribution in [3.8, 4) is 0 Å². The molecule has 1 heterocycles. The molecule has 2 amide bonds. The van der Waals surface area contributed by atoms with E-state index < -0.39 is 0 Å². The van der Waals surface area contributed by atoms with Gasteiger partial charge in [0.2, 0.25) is 0 Å². The van der Waals surface area contributed by atoms with E-state index in [1.807, 2.05) is 79.8 Å². The molecule has 0 spiro atoms. The molecule has 0 aromatic heterocycles. The maximum absolute atomic E-state index is 12.7. The van der Waals surface area contributed by atoms with Gasteiger partial charge in [0.05, 0.1) is 11.4 Å². The molecule has 0 bridgehead atoms. The van der Waals surface area contributed by atoms with E-state index in [9.17, 15) is 9.59 Å². The molecule has 0 N–H and O–H groups in total. The SMILES string of the molecule is CN(c1ccccc1)c1ccc(/C=C2\SC(=O)N(Cc3ccccc3)C2=O)cc1. The van der Waals surface area contributed by atoms with Crippen molar-refractivity contribution in [1.29, 1.82) is 0 Å². The smallest absolute Gasteiger partial charge is 0.293 e. The number of carbonyl (C=O) groups excluding carboxylic acids is 2. The van der Waals surface area contributed by atoms with Gasteiger partial charge in [-0.25, -0.2) is 0 Å². The van der Waals surface area contributed by atoms with Crippen molar-refractivity contribution < 1.29 is 9.59 Å². The zero-order valence-electron chi connectivity index (χ0n) is 16.0. The molecule has 5 heteroatoms. The molecule has 4 rings (SSSR count). The summed E-state index contributed by atoms with van der Waals surface area (Å²) in [4.78, 5) is 28.8. The highest BCUT2D eigenvalue weighted by Crippen LogP contribution is 2.33. The number of amides is 2. The fourth-order valence-electron chi connectivity index (χ4n) is 3.15. The number of para-hydroxylation sites is 1. The Labute approximate surface area is 174 Å². The first-order valence-electron chi connectivity index (χ1n) is 9.30. The molecule has 4 nitrogen and oxygen atoms in total. The maximum Gasteiger partial charge on any atom is 0.293 e. The lowest BCUT2D eigenvalue weighted by atomic mass is 10.1. The van der Waals surface area contributed by atoms with Crippen LogP contribution in [0.1, 0.15) is 11.1 Å². The predicted octanol–water partition coefficient (Wildman–Crippen LogP) is 5.69. The summed E-state index contributed by atoms with van der Waals surface area (Å²) in [6.45, 7) is 0.295. The summed E-state index contributed by atoms with van der Waals surface area (Å²) in [5.74, 6) is -0.241. The Balaban J connectivity index is 1.49. The molecule has 0 radical (unpaired) electrons. The molecule has 3 aromatic rings. The Kier molecular flexibility index (Phi) is 5.49. The van der Waals surface area contributed by atoms with E-state index in [2.05, 4.69) is 17.0 Å². The third-order valence-corrected chi connectivity index (χ3v) is 5.69. The molecular weight excluding hydrogens is 380 g/mol. The van der Waals surface area contributed by atoms with E-state index in [-0.39, 0.29) is 11.1 Å². The Morgan fingerprint density at radius 2 is 1.41 bits per heavy atom. The van der Waals surface area contributed by atoms with Crippen LogP contribution >= 0.6 is 11.8 Å². The number of hydrogen-bond donors (Lipinski definition) is 0. The van der Waals surface area contributed by atoms with Crippen LogP contribution in [0, 0.1) is 0 Å². The van der Waals surface area contributed by atoms with Crippen LogP contribution < -0.4 is 4.90 Å². The molecule has 1 saturated heterocycles. The zero-order chi connectivity index (χ0) is 20.2. The summed E-state index contributed by atoms with van der Waals surface area (Å²) in [5.41, 5.74) is 3.97. The third kappa shape index (κ3) is 4.25. The van der Waals surface area contributed by atoms with Crippen molar-refractivity contribution in [2.45, 2.75) is 6.54 Å². The minimum absolute atomic E-state index is 0.231. The number of hydrogen-bond acceptors (Lipinski definition) is 4. The molecule has 144 valence electrons. The summed E-state index contributed by atoms with van der Waals surface area (Å²) in [5, 5.41) is -0.231. The van der Waals surface area contributed by atoms with E-state index in [1.54, 1.807) is 6.08 Å². The summed E-state index contributed by atoms with van der Waals surface area (Å²) in [6.07, 6.45) is 1.78. The van der Waals surface area contributed by atoms with Gasteiger partial charge in [-0.3, -0.25) is 14.5 Å². The number of anilines is 2. The molecule has 0 aliphatic carbocycles. The summed E-state index contributed by atoms with van der Waals surface area (Å²) >= 11 is 0.991. The highest BCUT2D eigenvalue weighted by atomic mass is 32.2. The molecule has 1 aliphatic heterocycles. The first-order valence-corrected chi connectivity index (χ1v) is 10.1. The monoisotopic (exact) mass is 400 g/mol. The second-order valence-electron chi connectivity index (χ2n) is 6.74. The van der Waals surface area contributed by atoms with Crippen molar-refractivity contribution >= 4 is 40.4 Å². The molecule has 29 heavy (non-hydrogen) atoms. The van der Waals surface area contributed by atoms with Gasteiger partial charge in [0.15, 0.2) is 0 Å². The molecule has 0 saturated carbocycles. The molecule has 3 aromatic carbocycles. The normalized spacial score (nSPS) is 15.2. The van der Waals surface area contributed by atoms with Crippen LogP contribution in [-0.4, -0.2) is 23.1 Å². The van der Waals surface area contributed by atoms with E-state index in [0.29, 0.717) is 11.4 Å². The topological polar surface area (TPSA) is 40.6 Å². The number of rotatable bonds is 5. The lowest BCUT2D eigenvalue weighted by Gasteiger charge is -2.19. The standard InChI is InChI=1S/C24H20N2O2S/c1-25(20-10-6-3-7-11-20)21-14-12-18(13-15-21)16-22-23(27)26(24(28)29-22)17-19-8-4-2-5-9-19/h2-16H,17H2,1H3/b22-16-. The van der Waals surface area contributed by atoms with Crippen LogP contribution in [0.4, 0.5) is 16.2 Å². The highest BCUT2D eigenvalue weighted by molar-refractivity contribution is 8.18. The summed E-state index contributed by atoms with van der Waals surface area (Å²) in [6, 6.07) is 27.6. The maximum atomic E-state index is 12.7. The summed E-state index contributed by atoms with van der Waals surface area (Å²) in [7, 11) is 2.01. The molecule has 1 fully saturated rings. The van der Waals surface area contributed by atoms with Crippen molar-refractivity contribution in [1.82, 2.24) is 4.90 Å². The van der Waals surface area contributed by atoms with Crippen LogP contribution in [0.5, 0.6) is 0 Å². The van der Waals surface area contributed by atoms with Crippen LogP contribution in [-0.2, 0) is 11.3 Å². The first kappa shape index (κ1) is 19.0. The first-order chi connectivity index (χ1) is 14.1. The Morgan fingerprint density at radius 1 is 0.828 bits per heavy atom. The lowest BCUT2D eigenvalue weighted by Crippen LogP contribution is -2.27. The predicted molar refractivity (Wildman–Crippen MR) is 119 cm³/mol. The fraction of sp³-hybridized carbons (Fsp3) is 0.0833. The lowest BCUT2D eigenvalue weighted by molar-refractivity contribution is -0.123. The molecule has 1 aliphatic rings. The van der Waals surface area contributed by atoms with Gasteiger partial charge in [-0.05, 0) is 53.2 Å². The molecule has 0 atom stereocenters. The van der Waals surface area contributed by atoms with E-state index in [4.69, 9.17) is 0 Å². The number of benzene rings is 3. The minimum Gasteiger partial charge on any atom is -0.345 e. The molecular formula is C24H20N2O2S. The van der Waals surface area contributed by atoms with E-state index in [1.165, 1.54) is 4.90 Å². The van der Waals surface area contributed by atoms with Crippen LogP contribution in [0.15, 0.2) is 89.8 Å². The van der Waals surface area contributed by atoms with Gasteiger partial charge in [0.1, 0.15) is 0 Å². The Hall–Kier alpha value is -3.31. The number of imide groups is 1. The minimum atomic E-state index is -0.241. The van der Waals surface area contributed by atoms with E-state index >= 15 is 0 Å². The Bertz CT molecular complexity index is 1050. The van der Waals surface area contributed by atoms with Crippen molar-refractivity contribution in [3.05, 3.63) is 101 Å². The fourth-order valence-corrected chi connectivity index (χ4v) is 3.99. The van der Waals surface area contributed by atoms with Gasteiger partial charge in [-0.1, -0.05) is 60.7 Å². The van der Waals surface area contributed by atoms with E-state index in [0.717, 1.165) is 34.3 Å². The second kappa shape index (κ2) is 8.37. The Morgan fingerprint density at radius 3 is 2.07 bits per heavy atom. The van der Waals surface area contributed by atoms with Gasteiger partial charge >= 0.3 is 0 Å². The van der Waals surface area contributed by atoms with Gasteiger partial charge in [0, 0.05) is 18.4 Å². The molecule has 0 unspecified atom stereocenters. The largest absolute Gasteiger partial charge is 0.345 e. The quantitative estimate of drug-likeness (QED) is 0.516. The third-order valence-electron chi connectivity index (χ3n) is 4.78. The van der Waals surface area contributed by atoms with Gasteiger partial charge in [-0.15, -0.1) is 0 Å². The highest BCUT2D eigenvalue weighted by Gasteiger charge is 2.34. The van der Waals surface area contributed by atoms with Crippen LogP contribution in [0.3, 0.4) is 0 Å². The van der Waals surface area contributed by atoms with Crippen molar-refractivity contribution in [2.24, 2.45) is 0 Å².